The topological polar surface area (TPSA) is 53.5 Å². The number of anilines is 1. The van der Waals surface area contributed by atoms with Crippen molar-refractivity contribution < 1.29 is 9.59 Å². The van der Waals surface area contributed by atoms with Gasteiger partial charge in [0.2, 0.25) is 5.91 Å². The SMILES string of the molecule is O=C(c1cccnc1)N1CCC2(CC1)CCN(c1ccccc1)C2=O. The summed E-state index contributed by atoms with van der Waals surface area (Å²) in [5.41, 5.74) is 1.28. The van der Waals surface area contributed by atoms with Gasteiger partial charge in [-0.1, -0.05) is 18.2 Å². The molecule has 0 N–H and O–H groups in total. The van der Waals surface area contributed by atoms with E-state index in [4.69, 9.17) is 0 Å². The van der Waals surface area contributed by atoms with Gasteiger partial charge < -0.3 is 9.80 Å². The smallest absolute Gasteiger partial charge is 0.255 e. The Bertz CT molecular complexity index is 768. The van der Waals surface area contributed by atoms with Gasteiger partial charge in [-0.25, -0.2) is 0 Å². The van der Waals surface area contributed by atoms with Crippen molar-refractivity contribution in [1.82, 2.24) is 9.88 Å². The molecular weight excluding hydrogens is 314 g/mol. The zero-order chi connectivity index (χ0) is 17.3. The minimum Gasteiger partial charge on any atom is -0.339 e. The zero-order valence-corrected chi connectivity index (χ0v) is 14.1. The van der Waals surface area contributed by atoms with E-state index >= 15 is 0 Å². The zero-order valence-electron chi connectivity index (χ0n) is 14.1. The lowest BCUT2D eigenvalue weighted by Gasteiger charge is -2.38. The Hall–Kier alpha value is -2.69. The largest absolute Gasteiger partial charge is 0.339 e. The average molecular weight is 335 g/mol. The Labute approximate surface area is 147 Å². The predicted molar refractivity (Wildman–Crippen MR) is 95.2 cm³/mol. The molecule has 3 heterocycles. The van der Waals surface area contributed by atoms with Gasteiger partial charge in [-0.15, -0.1) is 0 Å². The number of para-hydroxylation sites is 1. The summed E-state index contributed by atoms with van der Waals surface area (Å²) in [4.78, 5) is 33.4. The predicted octanol–water partition coefficient (Wildman–Crippen LogP) is 2.74. The standard InChI is InChI=1S/C20H21N3O2/c24-18(16-5-4-11-21-15-16)22-12-8-20(9-13-22)10-14-23(19(20)25)17-6-2-1-3-7-17/h1-7,11,15H,8-10,12-14H2. The molecule has 25 heavy (non-hydrogen) atoms. The van der Waals surface area contributed by atoms with Crippen molar-refractivity contribution in [3.63, 3.8) is 0 Å². The van der Waals surface area contributed by atoms with Gasteiger partial charge in [0.1, 0.15) is 0 Å². The number of carbonyl (C=O) groups excluding carboxylic acids is 2. The molecule has 1 aromatic carbocycles. The van der Waals surface area contributed by atoms with E-state index in [1.165, 1.54) is 0 Å². The Balaban J connectivity index is 1.45. The van der Waals surface area contributed by atoms with E-state index in [1.54, 1.807) is 24.5 Å². The quantitative estimate of drug-likeness (QED) is 0.848. The summed E-state index contributed by atoms with van der Waals surface area (Å²) in [6.07, 6.45) is 5.61. The molecule has 0 atom stereocenters. The van der Waals surface area contributed by atoms with Crippen molar-refractivity contribution in [2.75, 3.05) is 24.5 Å². The van der Waals surface area contributed by atoms with Crippen LogP contribution in [0.15, 0.2) is 54.9 Å². The Morgan fingerprint density at radius 1 is 0.960 bits per heavy atom. The molecular formula is C20H21N3O2. The molecule has 1 aromatic heterocycles. The van der Waals surface area contributed by atoms with Gasteiger partial charge in [0, 0.05) is 37.7 Å². The van der Waals surface area contributed by atoms with E-state index in [2.05, 4.69) is 4.98 Å². The van der Waals surface area contributed by atoms with Crippen LogP contribution in [0.1, 0.15) is 29.6 Å². The first kappa shape index (κ1) is 15.8. The second kappa shape index (κ2) is 6.31. The lowest BCUT2D eigenvalue weighted by atomic mass is 9.77. The van der Waals surface area contributed by atoms with Gasteiger partial charge in [0.05, 0.1) is 11.0 Å². The van der Waals surface area contributed by atoms with Crippen LogP contribution in [-0.4, -0.2) is 41.3 Å². The molecule has 0 bridgehead atoms. The van der Waals surface area contributed by atoms with E-state index in [-0.39, 0.29) is 17.2 Å². The molecule has 2 aromatic rings. The first-order valence-electron chi connectivity index (χ1n) is 8.76. The van der Waals surface area contributed by atoms with Crippen molar-refractivity contribution >= 4 is 17.5 Å². The summed E-state index contributed by atoms with van der Waals surface area (Å²) in [6.45, 7) is 2.02. The molecule has 2 amide bonds. The van der Waals surface area contributed by atoms with E-state index in [1.807, 2.05) is 40.1 Å². The molecule has 128 valence electrons. The van der Waals surface area contributed by atoms with Crippen LogP contribution in [0.2, 0.25) is 0 Å². The molecule has 0 saturated carbocycles. The second-order valence-electron chi connectivity index (χ2n) is 6.86. The van der Waals surface area contributed by atoms with Crippen LogP contribution >= 0.6 is 0 Å². The Kier molecular flexibility index (Phi) is 3.99. The van der Waals surface area contributed by atoms with Crippen LogP contribution in [0.5, 0.6) is 0 Å². The number of benzene rings is 1. The van der Waals surface area contributed by atoms with Gasteiger partial charge in [0.15, 0.2) is 0 Å². The van der Waals surface area contributed by atoms with Crippen LogP contribution in [0.4, 0.5) is 5.69 Å². The van der Waals surface area contributed by atoms with Gasteiger partial charge in [-0.3, -0.25) is 14.6 Å². The van der Waals surface area contributed by atoms with Crippen molar-refractivity contribution in [2.45, 2.75) is 19.3 Å². The maximum absolute atomic E-state index is 13.0. The summed E-state index contributed by atoms with van der Waals surface area (Å²) >= 11 is 0. The molecule has 0 aliphatic carbocycles. The van der Waals surface area contributed by atoms with Crippen molar-refractivity contribution in [3.05, 3.63) is 60.4 Å². The molecule has 2 fully saturated rings. The molecule has 4 rings (SSSR count). The van der Waals surface area contributed by atoms with Crippen LogP contribution in [-0.2, 0) is 4.79 Å². The summed E-state index contributed by atoms with van der Waals surface area (Å²) in [6, 6.07) is 13.4. The van der Waals surface area contributed by atoms with Crippen molar-refractivity contribution in [3.8, 4) is 0 Å². The van der Waals surface area contributed by atoms with Gasteiger partial charge in [0.25, 0.3) is 5.91 Å². The first-order valence-corrected chi connectivity index (χ1v) is 8.76. The van der Waals surface area contributed by atoms with E-state index < -0.39 is 0 Å². The summed E-state index contributed by atoms with van der Waals surface area (Å²) in [7, 11) is 0. The van der Waals surface area contributed by atoms with Crippen LogP contribution in [0.25, 0.3) is 0 Å². The van der Waals surface area contributed by atoms with Crippen LogP contribution < -0.4 is 4.90 Å². The number of nitrogens with zero attached hydrogens (tertiary/aromatic N) is 3. The highest BCUT2D eigenvalue weighted by atomic mass is 16.2. The minimum atomic E-state index is -0.304. The number of piperidine rings is 1. The summed E-state index contributed by atoms with van der Waals surface area (Å²) in [5, 5.41) is 0. The van der Waals surface area contributed by atoms with E-state index in [0.29, 0.717) is 18.7 Å². The third kappa shape index (κ3) is 2.80. The highest BCUT2D eigenvalue weighted by molar-refractivity contribution is 6.00. The molecule has 5 nitrogen and oxygen atoms in total. The Morgan fingerprint density at radius 2 is 1.68 bits per heavy atom. The maximum Gasteiger partial charge on any atom is 0.255 e. The second-order valence-corrected chi connectivity index (χ2v) is 6.86. The third-order valence-electron chi connectivity index (χ3n) is 5.50. The number of carbonyl (C=O) groups is 2. The fourth-order valence-corrected chi connectivity index (χ4v) is 3.95. The normalized spacial score (nSPS) is 19.4. The van der Waals surface area contributed by atoms with Gasteiger partial charge in [-0.05, 0) is 43.5 Å². The van der Waals surface area contributed by atoms with E-state index in [9.17, 15) is 9.59 Å². The lowest BCUT2D eigenvalue weighted by molar-refractivity contribution is -0.127. The molecule has 2 aliphatic heterocycles. The highest BCUT2D eigenvalue weighted by Gasteiger charge is 2.48. The Morgan fingerprint density at radius 3 is 2.36 bits per heavy atom. The minimum absolute atomic E-state index is 0.00770. The highest BCUT2D eigenvalue weighted by Crippen LogP contribution is 2.43. The first-order chi connectivity index (χ1) is 12.2. The molecule has 1 spiro atoms. The van der Waals surface area contributed by atoms with Crippen LogP contribution in [0.3, 0.4) is 0 Å². The van der Waals surface area contributed by atoms with Crippen molar-refractivity contribution in [1.29, 1.82) is 0 Å². The molecule has 2 aliphatic rings. The number of pyridine rings is 1. The molecule has 5 heteroatoms. The number of amides is 2. The van der Waals surface area contributed by atoms with Gasteiger partial charge in [-0.2, -0.15) is 0 Å². The number of hydrogen-bond acceptors (Lipinski definition) is 3. The van der Waals surface area contributed by atoms with Crippen molar-refractivity contribution in [2.24, 2.45) is 5.41 Å². The van der Waals surface area contributed by atoms with Crippen LogP contribution in [0, 0.1) is 5.41 Å². The fourth-order valence-electron chi connectivity index (χ4n) is 3.95. The average Bonchev–Trinajstić information content (AvgIpc) is 2.99. The number of aromatic nitrogens is 1. The maximum atomic E-state index is 13.0. The fraction of sp³-hybridized carbons (Fsp3) is 0.350. The van der Waals surface area contributed by atoms with E-state index in [0.717, 1.165) is 31.5 Å². The monoisotopic (exact) mass is 335 g/mol. The molecule has 2 saturated heterocycles. The molecule has 0 unspecified atom stereocenters. The lowest BCUT2D eigenvalue weighted by Crippen LogP contribution is -2.46. The molecule has 0 radical (unpaired) electrons. The number of hydrogen-bond donors (Lipinski definition) is 0. The summed E-state index contributed by atoms with van der Waals surface area (Å²) in [5.74, 6) is 0.223. The number of rotatable bonds is 2. The van der Waals surface area contributed by atoms with Gasteiger partial charge >= 0.3 is 0 Å². The third-order valence-corrected chi connectivity index (χ3v) is 5.50. The summed E-state index contributed by atoms with van der Waals surface area (Å²) < 4.78 is 0. The number of likely N-dealkylation sites (tertiary alicyclic amines) is 1.